The van der Waals surface area contributed by atoms with Crippen molar-refractivity contribution in [1.82, 2.24) is 0 Å². The van der Waals surface area contributed by atoms with Gasteiger partial charge in [0, 0.05) is 21.7 Å². The predicted octanol–water partition coefficient (Wildman–Crippen LogP) is 3.71. The van der Waals surface area contributed by atoms with Gasteiger partial charge in [0.05, 0.1) is 25.5 Å². The Bertz CT molecular complexity index is 715. The Kier molecular flexibility index (Phi) is 5.48. The number of thioether (sulfide) groups is 1. The van der Waals surface area contributed by atoms with Gasteiger partial charge in [0.25, 0.3) is 3.90 Å². The second-order valence-corrected chi connectivity index (χ2v) is 8.47. The van der Waals surface area contributed by atoms with Gasteiger partial charge in [-0.15, -0.1) is 6.58 Å². The lowest BCUT2D eigenvalue weighted by Gasteiger charge is -2.30. The van der Waals surface area contributed by atoms with Crippen LogP contribution in [-0.2, 0) is 0 Å². The Hall–Kier alpha value is -1.50. The van der Waals surface area contributed by atoms with E-state index in [1.807, 2.05) is 42.5 Å². The number of benzene rings is 1. The largest absolute Gasteiger partial charge is 0.497 e. The quantitative estimate of drug-likeness (QED) is 0.451. The van der Waals surface area contributed by atoms with E-state index in [1.165, 1.54) is 0 Å². The third-order valence-corrected chi connectivity index (χ3v) is 6.01. The zero-order valence-corrected chi connectivity index (χ0v) is 15.8. The number of alkyl halides is 1. The molecule has 3 rings (SSSR count). The number of quaternary nitrogens is 1. The highest BCUT2D eigenvalue weighted by Crippen LogP contribution is 2.34. The van der Waals surface area contributed by atoms with Gasteiger partial charge < -0.3 is 9.15 Å². The van der Waals surface area contributed by atoms with Crippen molar-refractivity contribution < 1.29 is 14.5 Å². The zero-order chi connectivity index (χ0) is 17.0. The van der Waals surface area contributed by atoms with Gasteiger partial charge in [-0.25, -0.2) is 4.99 Å². The average molecular weight is 408 g/mol. The van der Waals surface area contributed by atoms with Crippen LogP contribution in [0.3, 0.4) is 0 Å². The summed E-state index contributed by atoms with van der Waals surface area (Å²) in [5.74, 6) is 2.61. The molecule has 0 amide bonds. The van der Waals surface area contributed by atoms with Gasteiger partial charge in [0.15, 0.2) is 11.8 Å². The van der Waals surface area contributed by atoms with Gasteiger partial charge >= 0.3 is 0 Å². The van der Waals surface area contributed by atoms with Gasteiger partial charge in [0.1, 0.15) is 5.75 Å². The fourth-order valence-corrected chi connectivity index (χ4v) is 4.41. The standard InChI is InChI=1S/C18H19BrN2O2S/c1-3-11-24-18(19)20-15(13-6-8-14(22-2)9-7-13)12-16(21-18)17-5-4-10-23-17/h3-10,16,21H,1,11-12H2,2H3/p+1/t16-,18+/m0/s1. The second kappa shape index (κ2) is 7.59. The Morgan fingerprint density at radius 2 is 2.25 bits per heavy atom. The lowest BCUT2D eigenvalue weighted by molar-refractivity contribution is -0.719. The molecular weight excluding hydrogens is 388 g/mol. The van der Waals surface area contributed by atoms with Crippen LogP contribution in [0.5, 0.6) is 5.75 Å². The van der Waals surface area contributed by atoms with E-state index in [1.54, 1.807) is 25.1 Å². The molecule has 126 valence electrons. The molecule has 0 unspecified atom stereocenters. The first-order chi connectivity index (χ1) is 11.6. The molecule has 0 saturated heterocycles. The van der Waals surface area contributed by atoms with E-state index in [4.69, 9.17) is 14.1 Å². The molecule has 0 radical (unpaired) electrons. The van der Waals surface area contributed by atoms with Crippen molar-refractivity contribution in [3.05, 3.63) is 66.6 Å². The Morgan fingerprint density at radius 3 is 2.88 bits per heavy atom. The van der Waals surface area contributed by atoms with Crippen LogP contribution in [0.15, 0.2) is 64.7 Å². The maximum Gasteiger partial charge on any atom is 0.294 e. The maximum absolute atomic E-state index is 5.63. The number of hydrogen-bond donors (Lipinski definition) is 1. The summed E-state index contributed by atoms with van der Waals surface area (Å²) in [7, 11) is 1.67. The van der Waals surface area contributed by atoms with Gasteiger partial charge in [-0.2, -0.15) is 0 Å². The van der Waals surface area contributed by atoms with E-state index in [9.17, 15) is 0 Å². The summed E-state index contributed by atoms with van der Waals surface area (Å²) in [5, 5.41) is 2.20. The highest BCUT2D eigenvalue weighted by atomic mass is 79.9. The van der Waals surface area contributed by atoms with Gasteiger partial charge in [-0.3, -0.25) is 5.32 Å². The van der Waals surface area contributed by atoms with Crippen LogP contribution >= 0.6 is 27.7 Å². The molecule has 0 fully saturated rings. The van der Waals surface area contributed by atoms with Crippen LogP contribution in [0.4, 0.5) is 0 Å². The minimum atomic E-state index is -0.480. The summed E-state index contributed by atoms with van der Waals surface area (Å²) in [6.45, 7) is 3.80. The molecule has 2 aromatic rings. The van der Waals surface area contributed by atoms with Crippen molar-refractivity contribution >= 4 is 33.4 Å². The monoisotopic (exact) mass is 407 g/mol. The van der Waals surface area contributed by atoms with Crippen LogP contribution in [0.25, 0.3) is 0 Å². The number of ether oxygens (including phenoxy) is 1. The summed E-state index contributed by atoms with van der Waals surface area (Å²) in [5.41, 5.74) is 2.15. The van der Waals surface area contributed by atoms with Crippen molar-refractivity contribution in [3.8, 4) is 5.75 Å². The molecule has 1 aliphatic rings. The average Bonchev–Trinajstić information content (AvgIpc) is 3.14. The Balaban J connectivity index is 1.93. The van der Waals surface area contributed by atoms with Crippen molar-refractivity contribution in [2.24, 2.45) is 4.99 Å². The Morgan fingerprint density at radius 1 is 1.46 bits per heavy atom. The van der Waals surface area contributed by atoms with Crippen molar-refractivity contribution in [2.45, 2.75) is 16.4 Å². The van der Waals surface area contributed by atoms with Crippen molar-refractivity contribution in [1.29, 1.82) is 0 Å². The third kappa shape index (κ3) is 3.94. The highest BCUT2D eigenvalue weighted by Gasteiger charge is 2.40. The van der Waals surface area contributed by atoms with E-state index in [2.05, 4.69) is 27.8 Å². The fraction of sp³-hybridized carbons (Fsp3) is 0.278. The SMILES string of the molecule is C=CCS[C@]1(Br)N=C(c2ccc(OC)cc2)C[C@@H](c2ccco2)[NH2+]1. The third-order valence-electron chi connectivity index (χ3n) is 3.84. The van der Waals surface area contributed by atoms with Gasteiger partial charge in [-0.1, -0.05) is 17.8 Å². The summed E-state index contributed by atoms with van der Waals surface area (Å²) in [4.78, 5) is 4.95. The molecule has 0 saturated carbocycles. The molecule has 24 heavy (non-hydrogen) atoms. The van der Waals surface area contributed by atoms with Crippen molar-refractivity contribution in [3.63, 3.8) is 0 Å². The lowest BCUT2D eigenvalue weighted by atomic mass is 10.00. The number of hydrogen-bond acceptors (Lipinski definition) is 4. The molecule has 4 nitrogen and oxygen atoms in total. The number of nitrogens with two attached hydrogens (primary N) is 1. The van der Waals surface area contributed by atoms with Crippen molar-refractivity contribution in [2.75, 3.05) is 12.9 Å². The first kappa shape index (κ1) is 17.3. The number of halogens is 1. The van der Waals surface area contributed by atoms with Crippen LogP contribution in [0.2, 0.25) is 0 Å². The summed E-state index contributed by atoms with van der Waals surface area (Å²) >= 11 is 5.49. The zero-order valence-electron chi connectivity index (χ0n) is 13.4. The number of nitrogens with zero attached hydrogens (tertiary/aromatic N) is 1. The van der Waals surface area contributed by atoms with E-state index in [-0.39, 0.29) is 6.04 Å². The molecule has 2 N–H and O–H groups in total. The molecule has 0 spiro atoms. The summed E-state index contributed by atoms with van der Waals surface area (Å²) in [6, 6.07) is 12.1. The maximum atomic E-state index is 5.63. The lowest BCUT2D eigenvalue weighted by Crippen LogP contribution is -2.95. The molecule has 1 aliphatic heterocycles. The van der Waals surface area contributed by atoms with Crippen LogP contribution in [0.1, 0.15) is 23.8 Å². The predicted molar refractivity (Wildman–Crippen MR) is 102 cm³/mol. The van der Waals surface area contributed by atoms with E-state index < -0.39 is 3.90 Å². The topological polar surface area (TPSA) is 51.3 Å². The van der Waals surface area contributed by atoms with E-state index >= 15 is 0 Å². The molecule has 2 heterocycles. The van der Waals surface area contributed by atoms with Gasteiger partial charge in [-0.05, 0) is 42.0 Å². The van der Waals surface area contributed by atoms with Crippen LogP contribution in [0, 0.1) is 0 Å². The molecular formula is C18H20BrN2O2S+. The molecule has 0 aliphatic carbocycles. The first-order valence-electron chi connectivity index (χ1n) is 7.70. The van der Waals surface area contributed by atoms with Crippen LogP contribution < -0.4 is 10.1 Å². The first-order valence-corrected chi connectivity index (χ1v) is 9.48. The number of rotatable bonds is 6. The molecule has 6 heteroatoms. The number of furan rings is 1. The molecule has 0 bridgehead atoms. The number of aliphatic imine (C=N–C) groups is 1. The van der Waals surface area contributed by atoms with E-state index in [0.29, 0.717) is 0 Å². The van der Waals surface area contributed by atoms with Crippen LogP contribution in [-0.4, -0.2) is 22.5 Å². The highest BCUT2D eigenvalue weighted by molar-refractivity contribution is 9.11. The second-order valence-electron chi connectivity index (χ2n) is 5.49. The number of methoxy groups -OCH3 is 1. The van der Waals surface area contributed by atoms with Gasteiger partial charge in [0.2, 0.25) is 0 Å². The molecule has 1 aromatic heterocycles. The summed E-state index contributed by atoms with van der Waals surface area (Å²) < 4.78 is 10.4. The fourth-order valence-electron chi connectivity index (χ4n) is 2.69. The minimum Gasteiger partial charge on any atom is -0.497 e. The minimum absolute atomic E-state index is 0.172. The molecule has 1 aromatic carbocycles. The normalized spacial score (nSPS) is 23.6. The van der Waals surface area contributed by atoms with E-state index in [0.717, 1.165) is 35.0 Å². The smallest absolute Gasteiger partial charge is 0.294 e. The summed E-state index contributed by atoms with van der Waals surface area (Å²) in [6.07, 6.45) is 4.41. The Labute approximate surface area is 154 Å². The molecule has 2 atom stereocenters.